The first-order valence-electron chi connectivity index (χ1n) is 9.15. The molecular weight excluding hydrogens is 312 g/mol. The highest BCUT2D eigenvalue weighted by Crippen LogP contribution is 2.49. The second kappa shape index (κ2) is 7.78. The first-order chi connectivity index (χ1) is 12.1. The molecule has 1 unspecified atom stereocenters. The van der Waals surface area contributed by atoms with Gasteiger partial charge in [0.05, 0.1) is 12.3 Å². The van der Waals surface area contributed by atoms with E-state index in [0.717, 1.165) is 11.3 Å². The zero-order chi connectivity index (χ0) is 17.7. The molecule has 1 aromatic rings. The largest absolute Gasteiger partial charge is 0.489 e. The maximum absolute atomic E-state index is 11.0. The molecule has 1 aromatic carbocycles. The maximum atomic E-state index is 11.0. The van der Waals surface area contributed by atoms with Crippen LogP contribution in [-0.2, 0) is 4.79 Å². The third-order valence-electron chi connectivity index (χ3n) is 5.49. The van der Waals surface area contributed by atoms with Crippen LogP contribution in [0.4, 0.5) is 0 Å². The summed E-state index contributed by atoms with van der Waals surface area (Å²) in [5.41, 5.74) is 2.89. The second-order valence-electron chi connectivity index (χ2n) is 7.35. The molecule has 1 spiro atoms. The first-order valence-corrected chi connectivity index (χ1v) is 9.15. The van der Waals surface area contributed by atoms with E-state index in [9.17, 15) is 4.79 Å². The minimum absolute atomic E-state index is 0.0238. The fourth-order valence-electron chi connectivity index (χ4n) is 4.18. The molecule has 0 heterocycles. The number of aliphatic carboxylic acids is 1. The molecule has 2 aliphatic carbocycles. The van der Waals surface area contributed by atoms with Crippen LogP contribution in [0.1, 0.15) is 63.4 Å². The summed E-state index contributed by atoms with van der Waals surface area (Å²) in [6, 6.07) is 7.69. The number of hydrogen-bond acceptors (Lipinski definition) is 2. The number of carbonyl (C=O) groups is 1. The van der Waals surface area contributed by atoms with Crippen LogP contribution in [0.3, 0.4) is 0 Å². The standard InChI is InChI=1S/C22H26O3/c1-2-5-19(14-21(23)24)18-6-8-20(9-7-18)25-16-17-10-13-22(15-17)11-3-4-12-22/h6-10,19H,3-4,11-16H2,1H3,(H,23,24). The third-order valence-corrected chi connectivity index (χ3v) is 5.49. The monoisotopic (exact) mass is 338 g/mol. The molecule has 1 saturated carbocycles. The van der Waals surface area contributed by atoms with Gasteiger partial charge in [-0.25, -0.2) is 0 Å². The van der Waals surface area contributed by atoms with Crippen LogP contribution < -0.4 is 4.74 Å². The van der Waals surface area contributed by atoms with Crippen molar-refractivity contribution in [1.29, 1.82) is 0 Å². The van der Waals surface area contributed by atoms with E-state index in [1.54, 1.807) is 6.92 Å². The Morgan fingerprint density at radius 3 is 2.64 bits per heavy atom. The smallest absolute Gasteiger partial charge is 0.304 e. The molecule has 3 heteroatoms. The van der Waals surface area contributed by atoms with Crippen molar-refractivity contribution >= 4 is 5.97 Å². The van der Waals surface area contributed by atoms with Gasteiger partial charge in [0.25, 0.3) is 0 Å². The predicted octanol–water partition coefficient (Wildman–Crippen LogP) is 4.93. The molecule has 0 bridgehead atoms. The minimum atomic E-state index is -0.831. The highest BCUT2D eigenvalue weighted by molar-refractivity contribution is 5.69. The molecule has 0 radical (unpaired) electrons. The number of allylic oxidation sites excluding steroid dienone is 1. The maximum Gasteiger partial charge on any atom is 0.304 e. The highest BCUT2D eigenvalue weighted by Gasteiger charge is 2.36. The van der Waals surface area contributed by atoms with Crippen LogP contribution >= 0.6 is 0 Å². The van der Waals surface area contributed by atoms with Gasteiger partial charge in [0, 0.05) is 0 Å². The Kier molecular flexibility index (Phi) is 5.48. The van der Waals surface area contributed by atoms with Crippen LogP contribution in [0.15, 0.2) is 35.9 Å². The lowest BCUT2D eigenvalue weighted by Gasteiger charge is -2.22. The lowest BCUT2D eigenvalue weighted by atomic mass is 9.83. The molecule has 0 amide bonds. The van der Waals surface area contributed by atoms with Gasteiger partial charge in [0.1, 0.15) is 12.4 Å². The van der Waals surface area contributed by atoms with Crippen molar-refractivity contribution in [1.82, 2.24) is 0 Å². The highest BCUT2D eigenvalue weighted by atomic mass is 16.5. The van der Waals surface area contributed by atoms with Crippen molar-refractivity contribution < 1.29 is 14.6 Å². The Hall–Kier alpha value is -2.21. The number of carboxylic acids is 1. The third kappa shape index (κ3) is 4.45. The zero-order valence-electron chi connectivity index (χ0n) is 14.9. The number of carboxylic acid groups (broad SMARTS) is 1. The summed E-state index contributed by atoms with van der Waals surface area (Å²) in [5.74, 6) is 5.52. The number of hydrogen-bond donors (Lipinski definition) is 1. The summed E-state index contributed by atoms with van der Waals surface area (Å²) in [5, 5.41) is 9.02. The Morgan fingerprint density at radius 1 is 1.28 bits per heavy atom. The summed E-state index contributed by atoms with van der Waals surface area (Å²) >= 11 is 0. The summed E-state index contributed by atoms with van der Waals surface area (Å²) < 4.78 is 5.95. The van der Waals surface area contributed by atoms with Gasteiger partial charge in [0.2, 0.25) is 0 Å². The fraction of sp³-hybridized carbons (Fsp3) is 0.500. The molecule has 0 aromatic heterocycles. The number of rotatable bonds is 6. The van der Waals surface area contributed by atoms with E-state index < -0.39 is 5.97 Å². The van der Waals surface area contributed by atoms with Gasteiger partial charge in [-0.15, -0.1) is 5.92 Å². The lowest BCUT2D eigenvalue weighted by molar-refractivity contribution is -0.137. The number of benzene rings is 1. The lowest BCUT2D eigenvalue weighted by Crippen LogP contribution is -2.12. The molecule has 2 aliphatic rings. The van der Waals surface area contributed by atoms with Crippen LogP contribution in [0.2, 0.25) is 0 Å². The zero-order valence-corrected chi connectivity index (χ0v) is 14.9. The summed E-state index contributed by atoms with van der Waals surface area (Å²) in [6.45, 7) is 2.40. The summed E-state index contributed by atoms with van der Waals surface area (Å²) in [7, 11) is 0. The van der Waals surface area contributed by atoms with Crippen molar-refractivity contribution in [3.8, 4) is 17.6 Å². The Labute approximate surface area is 150 Å². The molecule has 1 N–H and O–H groups in total. The molecule has 1 fully saturated rings. The van der Waals surface area contributed by atoms with Gasteiger partial charge in [-0.2, -0.15) is 0 Å². The average molecular weight is 338 g/mol. The van der Waals surface area contributed by atoms with E-state index >= 15 is 0 Å². The van der Waals surface area contributed by atoms with Crippen LogP contribution in [0.25, 0.3) is 0 Å². The van der Waals surface area contributed by atoms with Crippen molar-refractivity contribution in [2.24, 2.45) is 5.41 Å². The van der Waals surface area contributed by atoms with Gasteiger partial charge in [0.15, 0.2) is 0 Å². The molecule has 3 rings (SSSR count). The fourth-order valence-corrected chi connectivity index (χ4v) is 4.18. The van der Waals surface area contributed by atoms with Gasteiger partial charge >= 0.3 is 5.97 Å². The average Bonchev–Trinajstić information content (AvgIpc) is 3.23. The van der Waals surface area contributed by atoms with E-state index in [2.05, 4.69) is 17.9 Å². The van der Waals surface area contributed by atoms with Gasteiger partial charge in [-0.05, 0) is 61.3 Å². The van der Waals surface area contributed by atoms with E-state index in [4.69, 9.17) is 9.84 Å². The van der Waals surface area contributed by atoms with E-state index in [0.29, 0.717) is 12.0 Å². The first kappa shape index (κ1) is 17.6. The van der Waals surface area contributed by atoms with Crippen LogP contribution in [0.5, 0.6) is 5.75 Å². The van der Waals surface area contributed by atoms with Crippen molar-refractivity contribution in [2.75, 3.05) is 6.61 Å². The van der Waals surface area contributed by atoms with Gasteiger partial charge in [-0.1, -0.05) is 37.0 Å². The summed E-state index contributed by atoms with van der Waals surface area (Å²) in [6.07, 6.45) is 10.3. The predicted molar refractivity (Wildman–Crippen MR) is 98.6 cm³/mol. The Morgan fingerprint density at radius 2 is 2.00 bits per heavy atom. The molecule has 25 heavy (non-hydrogen) atoms. The Bertz CT molecular complexity index is 697. The summed E-state index contributed by atoms with van der Waals surface area (Å²) in [4.78, 5) is 11.0. The van der Waals surface area contributed by atoms with E-state index in [1.807, 2.05) is 24.3 Å². The SMILES string of the molecule is CC#CC(CC(=O)O)c1ccc(OCC2=CCC3(CCCC3)C2)cc1. The quantitative estimate of drug-likeness (QED) is 0.591. The number of ether oxygens (including phenoxy) is 1. The van der Waals surface area contributed by atoms with Crippen LogP contribution in [-0.4, -0.2) is 17.7 Å². The second-order valence-corrected chi connectivity index (χ2v) is 7.35. The molecule has 132 valence electrons. The van der Waals surface area contributed by atoms with Crippen molar-refractivity contribution in [3.05, 3.63) is 41.5 Å². The van der Waals surface area contributed by atoms with Crippen molar-refractivity contribution in [3.63, 3.8) is 0 Å². The van der Waals surface area contributed by atoms with Crippen LogP contribution in [0, 0.1) is 17.3 Å². The van der Waals surface area contributed by atoms with Gasteiger partial charge in [-0.3, -0.25) is 4.79 Å². The van der Waals surface area contributed by atoms with Gasteiger partial charge < -0.3 is 9.84 Å². The minimum Gasteiger partial charge on any atom is -0.489 e. The van der Waals surface area contributed by atoms with E-state index in [-0.39, 0.29) is 12.3 Å². The topological polar surface area (TPSA) is 46.5 Å². The molecular formula is C22H26O3. The van der Waals surface area contributed by atoms with E-state index in [1.165, 1.54) is 44.1 Å². The molecule has 3 nitrogen and oxygen atoms in total. The molecule has 0 aliphatic heterocycles. The molecule has 0 saturated heterocycles. The Balaban J connectivity index is 1.55. The van der Waals surface area contributed by atoms with Crippen molar-refractivity contribution in [2.45, 2.75) is 57.8 Å². The molecule has 1 atom stereocenters. The normalized spacial score (nSPS) is 19.2.